The van der Waals surface area contributed by atoms with E-state index in [0.717, 1.165) is 33.8 Å². The van der Waals surface area contributed by atoms with Crippen molar-refractivity contribution in [2.45, 2.75) is 20.4 Å². The molecule has 0 fully saturated rings. The zero-order chi connectivity index (χ0) is 13.9. The summed E-state index contributed by atoms with van der Waals surface area (Å²) < 4.78 is 0. The smallest absolute Gasteiger partial charge is 0.125 e. The van der Waals surface area contributed by atoms with Crippen molar-refractivity contribution in [2.75, 3.05) is 5.32 Å². The molecule has 0 saturated carbocycles. The number of nitrogens with zero attached hydrogens (tertiary/aromatic N) is 3. The van der Waals surface area contributed by atoms with Gasteiger partial charge in [0.05, 0.1) is 17.8 Å². The number of hydrogen-bond acceptors (Lipinski definition) is 4. The molecule has 3 aromatic rings. The van der Waals surface area contributed by atoms with Gasteiger partial charge in [-0.1, -0.05) is 18.2 Å². The van der Waals surface area contributed by atoms with Crippen LogP contribution in [0.3, 0.4) is 0 Å². The summed E-state index contributed by atoms with van der Waals surface area (Å²) in [5.74, 6) is 0.792. The predicted octanol–water partition coefficient (Wildman–Crippen LogP) is 3.25. The fourth-order valence-electron chi connectivity index (χ4n) is 2.24. The Kier molecular flexibility index (Phi) is 3.29. The first-order chi connectivity index (χ1) is 9.72. The van der Waals surface area contributed by atoms with Crippen molar-refractivity contribution in [2.24, 2.45) is 0 Å². The van der Waals surface area contributed by atoms with Crippen molar-refractivity contribution in [1.29, 1.82) is 0 Å². The lowest BCUT2D eigenvalue weighted by Gasteiger charge is -2.10. The molecule has 0 aliphatic heterocycles. The van der Waals surface area contributed by atoms with E-state index in [9.17, 15) is 0 Å². The van der Waals surface area contributed by atoms with Crippen LogP contribution in [0.25, 0.3) is 10.9 Å². The minimum atomic E-state index is 0.677. The topological polar surface area (TPSA) is 50.7 Å². The van der Waals surface area contributed by atoms with Gasteiger partial charge in [-0.3, -0.25) is 4.98 Å². The van der Waals surface area contributed by atoms with Crippen LogP contribution in [-0.2, 0) is 6.54 Å². The summed E-state index contributed by atoms with van der Waals surface area (Å²) in [4.78, 5) is 13.1. The second kappa shape index (κ2) is 5.25. The first kappa shape index (κ1) is 12.5. The highest BCUT2D eigenvalue weighted by Gasteiger charge is 2.04. The molecule has 2 aromatic heterocycles. The maximum Gasteiger partial charge on any atom is 0.125 e. The van der Waals surface area contributed by atoms with Gasteiger partial charge in [-0.05, 0) is 32.0 Å². The molecule has 0 amide bonds. The Labute approximate surface area is 117 Å². The summed E-state index contributed by atoms with van der Waals surface area (Å²) in [6, 6.07) is 12.1. The third-order valence-electron chi connectivity index (χ3n) is 3.14. The Morgan fingerprint density at radius 1 is 1.05 bits per heavy atom. The van der Waals surface area contributed by atoms with Crippen LogP contribution in [0.2, 0.25) is 0 Å². The Balaban J connectivity index is 1.91. The van der Waals surface area contributed by atoms with E-state index in [4.69, 9.17) is 0 Å². The van der Waals surface area contributed by atoms with Crippen LogP contribution in [0, 0.1) is 13.8 Å². The van der Waals surface area contributed by atoms with Crippen molar-refractivity contribution < 1.29 is 0 Å². The average molecular weight is 264 g/mol. The molecule has 0 radical (unpaired) electrons. The summed E-state index contributed by atoms with van der Waals surface area (Å²) in [5, 5.41) is 4.57. The summed E-state index contributed by atoms with van der Waals surface area (Å²) >= 11 is 0. The third kappa shape index (κ3) is 2.59. The van der Waals surface area contributed by atoms with E-state index < -0.39 is 0 Å². The largest absolute Gasteiger partial charge is 0.379 e. The lowest BCUT2D eigenvalue weighted by molar-refractivity contribution is 0.955. The predicted molar refractivity (Wildman–Crippen MR) is 80.6 cm³/mol. The second-order valence-electron chi connectivity index (χ2n) is 4.78. The van der Waals surface area contributed by atoms with Crippen molar-refractivity contribution in [3.05, 3.63) is 59.8 Å². The van der Waals surface area contributed by atoms with Crippen LogP contribution in [-0.4, -0.2) is 15.0 Å². The molecule has 0 bridgehead atoms. The van der Waals surface area contributed by atoms with Gasteiger partial charge in [-0.15, -0.1) is 0 Å². The number of pyridine rings is 1. The van der Waals surface area contributed by atoms with E-state index >= 15 is 0 Å². The Morgan fingerprint density at radius 3 is 2.75 bits per heavy atom. The van der Waals surface area contributed by atoms with Gasteiger partial charge < -0.3 is 5.32 Å². The molecular formula is C16H16N4. The monoisotopic (exact) mass is 264 g/mol. The molecule has 0 unspecified atom stereocenters. The molecule has 1 N–H and O–H groups in total. The minimum Gasteiger partial charge on any atom is -0.379 e. The van der Waals surface area contributed by atoms with Gasteiger partial charge in [0, 0.05) is 23.0 Å². The van der Waals surface area contributed by atoms with E-state index in [2.05, 4.69) is 32.4 Å². The minimum absolute atomic E-state index is 0.677. The SMILES string of the molecule is Cc1cc(NCc2ccnc(C)n2)c2ccccc2n1. The number of anilines is 1. The number of hydrogen-bond donors (Lipinski definition) is 1. The maximum atomic E-state index is 4.54. The molecule has 1 aromatic carbocycles. The highest BCUT2D eigenvalue weighted by Crippen LogP contribution is 2.23. The highest BCUT2D eigenvalue weighted by molar-refractivity contribution is 5.91. The molecular weight excluding hydrogens is 248 g/mol. The molecule has 0 aliphatic carbocycles. The van der Waals surface area contributed by atoms with Crippen LogP contribution in [0.1, 0.15) is 17.2 Å². The molecule has 4 nitrogen and oxygen atoms in total. The fourth-order valence-corrected chi connectivity index (χ4v) is 2.24. The number of aromatic nitrogens is 3. The lowest BCUT2D eigenvalue weighted by atomic mass is 10.1. The van der Waals surface area contributed by atoms with Crippen LogP contribution < -0.4 is 5.32 Å². The molecule has 0 atom stereocenters. The molecule has 4 heteroatoms. The average Bonchev–Trinajstić information content (AvgIpc) is 2.44. The van der Waals surface area contributed by atoms with Gasteiger partial charge >= 0.3 is 0 Å². The number of benzene rings is 1. The standard InChI is InChI=1S/C16H16N4/c1-11-9-16(14-5-3-4-6-15(14)19-11)18-10-13-7-8-17-12(2)20-13/h3-9H,10H2,1-2H3,(H,18,19). The van der Waals surface area contributed by atoms with Crippen molar-refractivity contribution in [3.63, 3.8) is 0 Å². The normalized spacial score (nSPS) is 10.7. The Hall–Kier alpha value is -2.49. The Morgan fingerprint density at radius 2 is 1.90 bits per heavy atom. The zero-order valence-electron chi connectivity index (χ0n) is 11.6. The number of nitrogens with one attached hydrogen (secondary N) is 1. The first-order valence-corrected chi connectivity index (χ1v) is 6.61. The number of fused-ring (bicyclic) bond motifs is 1. The van der Waals surface area contributed by atoms with Crippen molar-refractivity contribution in [3.8, 4) is 0 Å². The van der Waals surface area contributed by atoms with Gasteiger partial charge in [0.25, 0.3) is 0 Å². The van der Waals surface area contributed by atoms with E-state index in [1.54, 1.807) is 6.20 Å². The molecule has 3 rings (SSSR count). The van der Waals surface area contributed by atoms with Crippen molar-refractivity contribution in [1.82, 2.24) is 15.0 Å². The summed E-state index contributed by atoms with van der Waals surface area (Å²) in [7, 11) is 0. The lowest BCUT2D eigenvalue weighted by Crippen LogP contribution is -2.04. The summed E-state index contributed by atoms with van der Waals surface area (Å²) in [6.07, 6.45) is 1.79. The van der Waals surface area contributed by atoms with Crippen LogP contribution >= 0.6 is 0 Å². The molecule has 100 valence electrons. The van der Waals surface area contributed by atoms with E-state index in [1.165, 1.54) is 0 Å². The molecule has 0 saturated heterocycles. The maximum absolute atomic E-state index is 4.54. The molecule has 20 heavy (non-hydrogen) atoms. The van der Waals surface area contributed by atoms with Gasteiger partial charge in [-0.2, -0.15) is 0 Å². The summed E-state index contributed by atoms with van der Waals surface area (Å²) in [6.45, 7) is 4.58. The second-order valence-corrected chi connectivity index (χ2v) is 4.78. The van der Waals surface area contributed by atoms with Crippen LogP contribution in [0.5, 0.6) is 0 Å². The third-order valence-corrected chi connectivity index (χ3v) is 3.14. The fraction of sp³-hybridized carbons (Fsp3) is 0.188. The number of aryl methyl sites for hydroxylation is 2. The van der Waals surface area contributed by atoms with Gasteiger partial charge in [0.1, 0.15) is 5.82 Å². The van der Waals surface area contributed by atoms with Gasteiger partial charge in [0.2, 0.25) is 0 Å². The number of rotatable bonds is 3. The number of para-hydroxylation sites is 1. The van der Waals surface area contributed by atoms with Gasteiger partial charge in [0.15, 0.2) is 0 Å². The van der Waals surface area contributed by atoms with Gasteiger partial charge in [-0.25, -0.2) is 9.97 Å². The Bertz CT molecular complexity index is 752. The zero-order valence-corrected chi connectivity index (χ0v) is 11.6. The summed E-state index contributed by atoms with van der Waals surface area (Å²) in [5.41, 5.74) is 4.08. The van der Waals surface area contributed by atoms with Crippen LogP contribution in [0.15, 0.2) is 42.6 Å². The van der Waals surface area contributed by atoms with Crippen molar-refractivity contribution >= 4 is 16.6 Å². The quantitative estimate of drug-likeness (QED) is 0.789. The molecule has 0 spiro atoms. The van der Waals surface area contributed by atoms with E-state index in [-0.39, 0.29) is 0 Å². The first-order valence-electron chi connectivity index (χ1n) is 6.61. The molecule has 0 aliphatic rings. The highest BCUT2D eigenvalue weighted by atomic mass is 14.9. The van der Waals surface area contributed by atoms with E-state index in [0.29, 0.717) is 6.54 Å². The van der Waals surface area contributed by atoms with E-state index in [1.807, 2.05) is 38.1 Å². The van der Waals surface area contributed by atoms with Crippen LogP contribution in [0.4, 0.5) is 5.69 Å². The molecule has 2 heterocycles.